The highest BCUT2D eigenvalue weighted by molar-refractivity contribution is 7.92. The Labute approximate surface area is 204 Å². The molecule has 1 aliphatic heterocycles. The van der Waals surface area contributed by atoms with Crippen LogP contribution in [0.5, 0.6) is 0 Å². The minimum atomic E-state index is -3.88. The predicted molar refractivity (Wildman–Crippen MR) is 137 cm³/mol. The molecule has 0 atom stereocenters. The van der Waals surface area contributed by atoms with Gasteiger partial charge in [-0.15, -0.1) is 0 Å². The van der Waals surface area contributed by atoms with Gasteiger partial charge in [0.25, 0.3) is 10.0 Å². The van der Waals surface area contributed by atoms with Crippen molar-refractivity contribution in [2.75, 3.05) is 49.9 Å². The number of anilines is 2. The van der Waals surface area contributed by atoms with E-state index < -0.39 is 20.0 Å². The van der Waals surface area contributed by atoms with E-state index in [9.17, 15) is 16.8 Å². The van der Waals surface area contributed by atoms with Crippen molar-refractivity contribution < 1.29 is 16.8 Å². The number of hydrogen-bond donors (Lipinski definition) is 2. The van der Waals surface area contributed by atoms with Gasteiger partial charge < -0.3 is 10.2 Å². The molecule has 34 heavy (non-hydrogen) atoms. The van der Waals surface area contributed by atoms with Gasteiger partial charge in [-0.25, -0.2) is 21.1 Å². The Morgan fingerprint density at radius 2 is 1.53 bits per heavy atom. The summed E-state index contributed by atoms with van der Waals surface area (Å²) >= 11 is 0. The van der Waals surface area contributed by atoms with E-state index in [1.54, 1.807) is 12.1 Å². The van der Waals surface area contributed by atoms with Crippen molar-refractivity contribution in [3.8, 4) is 0 Å². The summed E-state index contributed by atoms with van der Waals surface area (Å²) in [6, 6.07) is 12.7. The molecule has 0 unspecified atom stereocenters. The summed E-state index contributed by atoms with van der Waals surface area (Å²) in [5.41, 5.74) is 1.37. The van der Waals surface area contributed by atoms with E-state index in [0.29, 0.717) is 17.5 Å². The molecule has 2 aromatic carbocycles. The molecular formula is C24H36N4O4S2. The fourth-order valence-corrected chi connectivity index (χ4v) is 5.97. The summed E-state index contributed by atoms with van der Waals surface area (Å²) < 4.78 is 54.4. The van der Waals surface area contributed by atoms with Gasteiger partial charge in [0, 0.05) is 27.2 Å². The predicted octanol–water partition coefficient (Wildman–Crippen LogP) is 3.20. The van der Waals surface area contributed by atoms with Crippen LogP contribution in [-0.2, 0) is 20.0 Å². The number of hydrogen-bond acceptors (Lipinski definition) is 6. The lowest BCUT2D eigenvalue weighted by molar-refractivity contribution is 0.374. The van der Waals surface area contributed by atoms with Crippen LogP contribution in [0.25, 0.3) is 0 Å². The molecule has 0 saturated carbocycles. The van der Waals surface area contributed by atoms with E-state index >= 15 is 0 Å². The molecule has 2 aromatic rings. The third-order valence-corrected chi connectivity index (χ3v) is 9.21. The van der Waals surface area contributed by atoms with Crippen LogP contribution in [0, 0.1) is 11.8 Å². The highest BCUT2D eigenvalue weighted by atomic mass is 32.2. The van der Waals surface area contributed by atoms with E-state index in [1.165, 1.54) is 38.4 Å². The zero-order valence-corrected chi connectivity index (χ0v) is 22.0. The SMILES string of the molecule is CC(C)CNCC1CCN(c2ccccc2NS(=O)(=O)c2ccc(S(=O)(=O)N(C)C)cc2)CC1. The topological polar surface area (TPSA) is 98.8 Å². The summed E-state index contributed by atoms with van der Waals surface area (Å²) in [5, 5.41) is 3.54. The zero-order chi connectivity index (χ0) is 24.9. The maximum absolute atomic E-state index is 13.1. The zero-order valence-electron chi connectivity index (χ0n) is 20.4. The first-order valence-electron chi connectivity index (χ1n) is 11.6. The minimum Gasteiger partial charge on any atom is -0.370 e. The van der Waals surface area contributed by atoms with Crippen LogP contribution in [0.4, 0.5) is 11.4 Å². The summed E-state index contributed by atoms with van der Waals surface area (Å²) in [7, 11) is -4.64. The molecule has 3 rings (SSSR count). The lowest BCUT2D eigenvalue weighted by Gasteiger charge is -2.35. The highest BCUT2D eigenvalue weighted by Gasteiger charge is 2.24. The number of rotatable bonds is 10. The first-order chi connectivity index (χ1) is 16.0. The van der Waals surface area contributed by atoms with Crippen molar-refractivity contribution >= 4 is 31.4 Å². The van der Waals surface area contributed by atoms with E-state index in [1.807, 2.05) is 12.1 Å². The Bertz CT molecular complexity index is 1160. The molecule has 10 heteroatoms. The van der Waals surface area contributed by atoms with Gasteiger partial charge in [0.05, 0.1) is 21.2 Å². The molecule has 0 aromatic heterocycles. The Balaban J connectivity index is 1.70. The molecule has 0 aliphatic carbocycles. The fraction of sp³-hybridized carbons (Fsp3) is 0.500. The fourth-order valence-electron chi connectivity index (χ4n) is 4.00. The molecule has 1 fully saturated rings. The van der Waals surface area contributed by atoms with E-state index in [-0.39, 0.29) is 9.79 Å². The second-order valence-electron chi connectivity index (χ2n) is 9.36. The molecule has 1 heterocycles. The average molecular weight is 509 g/mol. The molecule has 0 amide bonds. The summed E-state index contributed by atoms with van der Waals surface area (Å²) in [4.78, 5) is 2.28. The maximum atomic E-state index is 13.1. The average Bonchev–Trinajstić information content (AvgIpc) is 2.79. The minimum absolute atomic E-state index is 0.00921. The van der Waals surface area contributed by atoms with Gasteiger partial charge in [0.15, 0.2) is 0 Å². The second kappa shape index (κ2) is 11.1. The van der Waals surface area contributed by atoms with Crippen LogP contribution in [0.2, 0.25) is 0 Å². The number of benzene rings is 2. The highest BCUT2D eigenvalue weighted by Crippen LogP contribution is 2.31. The van der Waals surface area contributed by atoms with Crippen molar-refractivity contribution in [2.45, 2.75) is 36.5 Å². The molecule has 2 N–H and O–H groups in total. The van der Waals surface area contributed by atoms with Crippen molar-refractivity contribution in [1.82, 2.24) is 9.62 Å². The standard InChI is InChI=1S/C24H36N4O4S2/c1-19(2)17-25-18-20-13-15-28(16-14-20)24-8-6-5-7-23(24)26-33(29,30)21-9-11-22(12-10-21)34(31,32)27(3)4/h5-12,19-20,25-26H,13-18H2,1-4H3. The number of para-hydroxylation sites is 2. The number of piperidine rings is 1. The van der Waals surface area contributed by atoms with Gasteiger partial charge in [-0.1, -0.05) is 26.0 Å². The van der Waals surface area contributed by atoms with Crippen LogP contribution in [0.3, 0.4) is 0 Å². The van der Waals surface area contributed by atoms with E-state index in [4.69, 9.17) is 0 Å². The molecule has 0 bridgehead atoms. The Morgan fingerprint density at radius 3 is 2.12 bits per heavy atom. The first kappa shape index (κ1) is 26.5. The maximum Gasteiger partial charge on any atom is 0.261 e. The van der Waals surface area contributed by atoms with Crippen molar-refractivity contribution in [3.63, 3.8) is 0 Å². The molecule has 1 aliphatic rings. The summed E-state index contributed by atoms with van der Waals surface area (Å²) in [5.74, 6) is 1.25. The lowest BCUT2D eigenvalue weighted by Crippen LogP contribution is -2.38. The first-order valence-corrected chi connectivity index (χ1v) is 14.5. The van der Waals surface area contributed by atoms with Crippen molar-refractivity contribution in [2.24, 2.45) is 11.8 Å². The van der Waals surface area contributed by atoms with Crippen LogP contribution >= 0.6 is 0 Å². The van der Waals surface area contributed by atoms with Crippen LogP contribution in [0.1, 0.15) is 26.7 Å². The molecule has 1 saturated heterocycles. The number of nitrogens with zero attached hydrogens (tertiary/aromatic N) is 2. The quantitative estimate of drug-likeness (QED) is 0.511. The largest absolute Gasteiger partial charge is 0.370 e. The summed E-state index contributed by atoms with van der Waals surface area (Å²) in [6.45, 7) is 8.17. The van der Waals surface area contributed by atoms with Crippen LogP contribution in [0.15, 0.2) is 58.3 Å². The number of nitrogens with one attached hydrogen (secondary N) is 2. The van der Waals surface area contributed by atoms with Crippen LogP contribution in [-0.4, -0.2) is 61.4 Å². The normalized spacial score (nSPS) is 15.8. The molecular weight excluding hydrogens is 472 g/mol. The van der Waals surface area contributed by atoms with Crippen molar-refractivity contribution in [3.05, 3.63) is 48.5 Å². The second-order valence-corrected chi connectivity index (χ2v) is 13.2. The van der Waals surface area contributed by atoms with Gasteiger partial charge >= 0.3 is 0 Å². The van der Waals surface area contributed by atoms with Gasteiger partial charge in [0.1, 0.15) is 0 Å². The third-order valence-electron chi connectivity index (χ3n) is 6.00. The number of sulfonamides is 2. The van der Waals surface area contributed by atoms with Gasteiger partial charge in [-0.05, 0) is 74.2 Å². The summed E-state index contributed by atoms with van der Waals surface area (Å²) in [6.07, 6.45) is 2.10. The Kier molecular flexibility index (Phi) is 8.62. The molecule has 188 valence electrons. The smallest absolute Gasteiger partial charge is 0.261 e. The Hall–Kier alpha value is -2.14. The van der Waals surface area contributed by atoms with E-state index in [2.05, 4.69) is 28.8 Å². The molecule has 0 radical (unpaired) electrons. The van der Waals surface area contributed by atoms with E-state index in [0.717, 1.165) is 49.0 Å². The van der Waals surface area contributed by atoms with Crippen LogP contribution < -0.4 is 14.9 Å². The molecule has 8 nitrogen and oxygen atoms in total. The van der Waals surface area contributed by atoms with Gasteiger partial charge in [0.2, 0.25) is 10.0 Å². The van der Waals surface area contributed by atoms with Gasteiger partial charge in [-0.3, -0.25) is 4.72 Å². The Morgan fingerprint density at radius 1 is 0.941 bits per heavy atom. The van der Waals surface area contributed by atoms with Gasteiger partial charge in [-0.2, -0.15) is 0 Å². The third kappa shape index (κ3) is 6.50. The lowest BCUT2D eigenvalue weighted by atomic mass is 9.96. The van der Waals surface area contributed by atoms with Crippen molar-refractivity contribution in [1.29, 1.82) is 0 Å². The monoisotopic (exact) mass is 508 g/mol. The molecule has 0 spiro atoms.